The fraction of sp³-hybridized carbons (Fsp3) is 0.647. The van der Waals surface area contributed by atoms with Gasteiger partial charge in [-0.3, -0.25) is 0 Å². The summed E-state index contributed by atoms with van der Waals surface area (Å²) in [5.74, 6) is 0. The third kappa shape index (κ3) is 5.70. The van der Waals surface area contributed by atoms with Crippen molar-refractivity contribution in [3.8, 4) is 0 Å². The summed E-state index contributed by atoms with van der Waals surface area (Å²) in [6.07, 6.45) is 5.32. The van der Waals surface area contributed by atoms with Crippen molar-refractivity contribution < 1.29 is 8.85 Å². The Labute approximate surface area is 132 Å². The topological polar surface area (TPSA) is 18.5 Å². The first kappa shape index (κ1) is 16.9. The largest absolute Gasteiger partial charge is 0.417 e. The van der Waals surface area contributed by atoms with Crippen molar-refractivity contribution in [3.05, 3.63) is 29.8 Å². The average molecular weight is 323 g/mol. The molecule has 0 radical (unpaired) electrons. The smallest absolute Gasteiger partial charge is 0.208 e. The third-order valence-corrected chi connectivity index (χ3v) is 9.84. The highest BCUT2D eigenvalue weighted by atomic mass is 28.4. The molecular weight excluding hydrogens is 292 g/mol. The van der Waals surface area contributed by atoms with Crippen LogP contribution in [-0.4, -0.2) is 30.6 Å². The summed E-state index contributed by atoms with van der Waals surface area (Å²) in [5, 5.41) is 1.52. The first-order chi connectivity index (χ1) is 10.1. The van der Waals surface area contributed by atoms with Crippen molar-refractivity contribution in [2.24, 2.45) is 0 Å². The van der Waals surface area contributed by atoms with E-state index in [4.69, 9.17) is 8.85 Å². The number of rotatable bonds is 1. The Bertz CT molecular complexity index is 421. The molecule has 4 heteroatoms. The van der Waals surface area contributed by atoms with E-state index in [1.165, 1.54) is 48.5 Å². The van der Waals surface area contributed by atoms with Crippen LogP contribution in [0.3, 0.4) is 0 Å². The lowest BCUT2D eigenvalue weighted by atomic mass is 10.2. The van der Waals surface area contributed by atoms with Crippen LogP contribution in [0.15, 0.2) is 24.3 Å². The number of hydrogen-bond donors (Lipinski definition) is 0. The Kier molecular flexibility index (Phi) is 6.67. The maximum absolute atomic E-state index is 5.88. The lowest BCUT2D eigenvalue weighted by Crippen LogP contribution is -2.37. The molecule has 0 saturated carbocycles. The minimum atomic E-state index is -1.09. The third-order valence-electron chi connectivity index (χ3n) is 4.38. The van der Waals surface area contributed by atoms with Gasteiger partial charge in [0.1, 0.15) is 0 Å². The first-order valence-electron chi connectivity index (χ1n) is 8.40. The molecule has 1 atom stereocenters. The van der Waals surface area contributed by atoms with E-state index in [9.17, 15) is 0 Å². The second-order valence-corrected chi connectivity index (χ2v) is 13.6. The van der Waals surface area contributed by atoms with Gasteiger partial charge >= 0.3 is 0 Å². The molecule has 2 saturated heterocycles. The lowest BCUT2D eigenvalue weighted by molar-refractivity contribution is 0.275. The van der Waals surface area contributed by atoms with Crippen molar-refractivity contribution in [1.82, 2.24) is 0 Å². The molecule has 0 spiro atoms. The molecule has 118 valence electrons. The van der Waals surface area contributed by atoms with Crippen molar-refractivity contribution in [1.29, 1.82) is 0 Å². The molecule has 0 aliphatic carbocycles. The second-order valence-electron chi connectivity index (χ2n) is 6.78. The van der Waals surface area contributed by atoms with Gasteiger partial charge in [-0.15, -0.1) is 0 Å². The van der Waals surface area contributed by atoms with Crippen LogP contribution in [-0.2, 0) is 8.85 Å². The standard InChI is InChI=1S/C11H16OSi.C6H14OSi/c1-10-6-2-3-7-11(10)13-9-5-4-8-12-13;1-8(2)6-4-3-5-7-8/h2-3,6-7,13H,4-5,8-9H2,1H3;3-6H2,1-2H3. The summed E-state index contributed by atoms with van der Waals surface area (Å²) in [5.41, 5.74) is 1.42. The SMILES string of the molecule is C[Si]1(C)CCCCO1.Cc1ccccc1[SiH]1CCCCO1. The van der Waals surface area contributed by atoms with E-state index < -0.39 is 17.4 Å². The van der Waals surface area contributed by atoms with Crippen LogP contribution in [0.25, 0.3) is 0 Å². The van der Waals surface area contributed by atoms with Crippen molar-refractivity contribution >= 4 is 22.5 Å². The van der Waals surface area contributed by atoms with Crippen LogP contribution >= 0.6 is 0 Å². The predicted molar refractivity (Wildman–Crippen MR) is 95.4 cm³/mol. The highest BCUT2D eigenvalue weighted by molar-refractivity contribution is 6.71. The molecule has 0 N–H and O–H groups in total. The van der Waals surface area contributed by atoms with Gasteiger partial charge in [-0.2, -0.15) is 0 Å². The monoisotopic (exact) mass is 322 g/mol. The molecule has 1 aromatic rings. The Balaban J connectivity index is 0.000000173. The molecule has 2 fully saturated rings. The van der Waals surface area contributed by atoms with Crippen LogP contribution in [0.5, 0.6) is 0 Å². The normalized spacial score (nSPS) is 24.8. The van der Waals surface area contributed by atoms with E-state index in [0.717, 1.165) is 13.2 Å². The molecular formula is C17H30O2Si2. The highest BCUT2D eigenvalue weighted by Gasteiger charge is 2.24. The fourth-order valence-corrected chi connectivity index (χ4v) is 7.65. The minimum Gasteiger partial charge on any atom is -0.417 e. The first-order valence-corrected chi connectivity index (χ1v) is 13.4. The van der Waals surface area contributed by atoms with Crippen LogP contribution < -0.4 is 5.19 Å². The molecule has 2 aliphatic rings. The molecule has 2 heterocycles. The minimum absolute atomic E-state index is 0.991. The molecule has 0 bridgehead atoms. The number of aryl methyl sites for hydroxylation is 1. The van der Waals surface area contributed by atoms with Gasteiger partial charge in [-0.05, 0) is 55.7 Å². The van der Waals surface area contributed by atoms with Crippen LogP contribution in [0.2, 0.25) is 25.2 Å². The molecule has 0 amide bonds. The van der Waals surface area contributed by atoms with Gasteiger partial charge < -0.3 is 8.85 Å². The lowest BCUT2D eigenvalue weighted by Gasteiger charge is -2.27. The van der Waals surface area contributed by atoms with Gasteiger partial charge in [0.05, 0.1) is 0 Å². The van der Waals surface area contributed by atoms with Crippen LogP contribution in [0.4, 0.5) is 0 Å². The van der Waals surface area contributed by atoms with E-state index in [1.54, 1.807) is 0 Å². The van der Waals surface area contributed by atoms with E-state index in [2.05, 4.69) is 44.3 Å². The van der Waals surface area contributed by atoms with Gasteiger partial charge in [0.2, 0.25) is 9.04 Å². The summed E-state index contributed by atoms with van der Waals surface area (Å²) >= 11 is 0. The molecule has 0 aromatic heterocycles. The van der Waals surface area contributed by atoms with Crippen molar-refractivity contribution in [3.63, 3.8) is 0 Å². The Hall–Kier alpha value is -0.426. The zero-order chi connectivity index (χ0) is 15.1. The number of hydrogen-bond acceptors (Lipinski definition) is 2. The summed E-state index contributed by atoms with van der Waals surface area (Å²) < 4.78 is 11.5. The molecule has 1 aromatic carbocycles. The van der Waals surface area contributed by atoms with Gasteiger partial charge in [-0.1, -0.05) is 37.1 Å². The van der Waals surface area contributed by atoms with Gasteiger partial charge in [0.25, 0.3) is 0 Å². The van der Waals surface area contributed by atoms with Crippen molar-refractivity contribution in [2.75, 3.05) is 13.2 Å². The molecule has 3 rings (SSSR count). The maximum atomic E-state index is 5.88. The van der Waals surface area contributed by atoms with Crippen LogP contribution in [0, 0.1) is 6.92 Å². The van der Waals surface area contributed by atoms with Gasteiger partial charge in [0.15, 0.2) is 8.32 Å². The van der Waals surface area contributed by atoms with Crippen LogP contribution in [0.1, 0.15) is 31.2 Å². The van der Waals surface area contributed by atoms with E-state index >= 15 is 0 Å². The van der Waals surface area contributed by atoms with E-state index in [1.807, 2.05) is 0 Å². The van der Waals surface area contributed by atoms with Crippen molar-refractivity contribution in [2.45, 2.75) is 57.8 Å². The zero-order valence-corrected chi connectivity index (χ0v) is 16.0. The molecule has 2 aliphatic heterocycles. The molecule has 2 nitrogen and oxygen atoms in total. The fourth-order valence-electron chi connectivity index (χ4n) is 3.01. The maximum Gasteiger partial charge on any atom is 0.208 e. The zero-order valence-electron chi connectivity index (χ0n) is 13.9. The summed E-state index contributed by atoms with van der Waals surface area (Å²) in [6.45, 7) is 8.81. The summed E-state index contributed by atoms with van der Waals surface area (Å²) in [7, 11) is -2.11. The summed E-state index contributed by atoms with van der Waals surface area (Å²) in [4.78, 5) is 0. The van der Waals surface area contributed by atoms with E-state index in [-0.39, 0.29) is 0 Å². The molecule has 21 heavy (non-hydrogen) atoms. The summed E-state index contributed by atoms with van der Waals surface area (Å²) in [6, 6.07) is 11.4. The highest BCUT2D eigenvalue weighted by Crippen LogP contribution is 2.20. The average Bonchev–Trinajstić information content (AvgIpc) is 2.49. The quantitative estimate of drug-likeness (QED) is 0.733. The number of benzene rings is 1. The second kappa shape index (κ2) is 8.27. The Morgan fingerprint density at radius 3 is 2.29 bits per heavy atom. The Morgan fingerprint density at radius 2 is 1.76 bits per heavy atom. The molecule has 1 unspecified atom stereocenters. The van der Waals surface area contributed by atoms with E-state index in [0.29, 0.717) is 0 Å². The predicted octanol–water partition coefficient (Wildman–Crippen LogP) is 3.74. The van der Waals surface area contributed by atoms with Gasteiger partial charge in [0, 0.05) is 13.2 Å². The Morgan fingerprint density at radius 1 is 1.00 bits per heavy atom. The van der Waals surface area contributed by atoms with Gasteiger partial charge in [-0.25, -0.2) is 0 Å².